The molecule has 2 heterocycles. The van der Waals surface area contributed by atoms with Gasteiger partial charge in [-0.2, -0.15) is 9.61 Å². The molecular weight excluding hydrogens is 154 g/mol. The first-order valence-corrected chi connectivity index (χ1v) is 3.84. The van der Waals surface area contributed by atoms with E-state index >= 15 is 0 Å². The van der Waals surface area contributed by atoms with Gasteiger partial charge in [0.25, 0.3) is 0 Å². The number of imidazole rings is 1. The molecule has 1 N–H and O–H groups in total. The maximum atomic E-state index is 9.27. The molecule has 0 saturated heterocycles. The summed E-state index contributed by atoms with van der Waals surface area (Å²) in [6, 6.07) is 3.74. The fourth-order valence-corrected chi connectivity index (χ4v) is 1.09. The standard InChI is InChI=1S/C8H9N3O/c1-2-6-3-4-7-9-5-8(12)11(7)10-6/h3-5,12H,2H2,1H3. The minimum Gasteiger partial charge on any atom is -0.492 e. The van der Waals surface area contributed by atoms with E-state index in [0.717, 1.165) is 12.1 Å². The van der Waals surface area contributed by atoms with Crippen LogP contribution in [-0.2, 0) is 6.42 Å². The van der Waals surface area contributed by atoms with Crippen LogP contribution in [0.1, 0.15) is 12.6 Å². The molecule has 2 aromatic heterocycles. The molecule has 0 radical (unpaired) electrons. The van der Waals surface area contributed by atoms with Crippen LogP contribution in [-0.4, -0.2) is 19.7 Å². The zero-order chi connectivity index (χ0) is 8.55. The van der Waals surface area contributed by atoms with Crippen LogP contribution in [0.2, 0.25) is 0 Å². The van der Waals surface area contributed by atoms with Crippen LogP contribution >= 0.6 is 0 Å². The number of aromatic hydroxyl groups is 1. The molecule has 0 spiro atoms. The van der Waals surface area contributed by atoms with Gasteiger partial charge in [-0.3, -0.25) is 0 Å². The van der Waals surface area contributed by atoms with Crippen molar-refractivity contribution in [2.24, 2.45) is 0 Å². The number of rotatable bonds is 1. The van der Waals surface area contributed by atoms with Crippen molar-refractivity contribution in [1.82, 2.24) is 14.6 Å². The molecular formula is C8H9N3O. The Kier molecular flexibility index (Phi) is 1.46. The van der Waals surface area contributed by atoms with Gasteiger partial charge in [-0.15, -0.1) is 0 Å². The van der Waals surface area contributed by atoms with Gasteiger partial charge in [0.2, 0.25) is 5.88 Å². The lowest BCUT2D eigenvalue weighted by atomic mass is 10.3. The van der Waals surface area contributed by atoms with Gasteiger partial charge >= 0.3 is 0 Å². The highest BCUT2D eigenvalue weighted by Gasteiger charge is 2.01. The van der Waals surface area contributed by atoms with Crippen molar-refractivity contribution >= 4 is 5.65 Å². The minimum absolute atomic E-state index is 0.0836. The van der Waals surface area contributed by atoms with Gasteiger partial charge in [-0.05, 0) is 18.6 Å². The number of fused-ring (bicyclic) bond motifs is 1. The van der Waals surface area contributed by atoms with Crippen molar-refractivity contribution < 1.29 is 5.11 Å². The zero-order valence-corrected chi connectivity index (χ0v) is 6.73. The number of hydrogen-bond donors (Lipinski definition) is 1. The van der Waals surface area contributed by atoms with Crippen molar-refractivity contribution in [2.45, 2.75) is 13.3 Å². The first-order valence-electron chi connectivity index (χ1n) is 3.84. The van der Waals surface area contributed by atoms with Gasteiger partial charge in [-0.25, -0.2) is 4.98 Å². The van der Waals surface area contributed by atoms with Crippen LogP contribution in [0.25, 0.3) is 5.65 Å². The fraction of sp³-hybridized carbons (Fsp3) is 0.250. The van der Waals surface area contributed by atoms with Crippen LogP contribution in [0.3, 0.4) is 0 Å². The first kappa shape index (κ1) is 7.09. The monoisotopic (exact) mass is 163 g/mol. The molecule has 4 heteroatoms. The normalized spacial score (nSPS) is 10.8. The third kappa shape index (κ3) is 0.922. The fourth-order valence-electron chi connectivity index (χ4n) is 1.09. The van der Waals surface area contributed by atoms with E-state index in [9.17, 15) is 5.11 Å². The van der Waals surface area contributed by atoms with E-state index in [4.69, 9.17) is 0 Å². The highest BCUT2D eigenvalue weighted by Crippen LogP contribution is 2.10. The molecule has 0 unspecified atom stereocenters. The van der Waals surface area contributed by atoms with Gasteiger partial charge in [-0.1, -0.05) is 6.92 Å². The Morgan fingerprint density at radius 3 is 3.08 bits per heavy atom. The van der Waals surface area contributed by atoms with E-state index in [-0.39, 0.29) is 5.88 Å². The average molecular weight is 163 g/mol. The van der Waals surface area contributed by atoms with Crippen LogP contribution < -0.4 is 0 Å². The largest absolute Gasteiger partial charge is 0.492 e. The Balaban J connectivity index is 2.71. The molecule has 2 rings (SSSR count). The SMILES string of the molecule is CCc1ccc2ncc(O)n2n1. The van der Waals surface area contributed by atoms with Gasteiger partial charge in [0.15, 0.2) is 5.65 Å². The van der Waals surface area contributed by atoms with Gasteiger partial charge in [0.05, 0.1) is 11.9 Å². The second-order valence-electron chi connectivity index (χ2n) is 2.56. The lowest BCUT2D eigenvalue weighted by molar-refractivity contribution is 0.437. The molecule has 2 aromatic rings. The molecule has 0 aliphatic heterocycles. The lowest BCUT2D eigenvalue weighted by Gasteiger charge is -1.96. The van der Waals surface area contributed by atoms with E-state index in [1.165, 1.54) is 10.7 Å². The third-order valence-corrected chi connectivity index (χ3v) is 1.76. The van der Waals surface area contributed by atoms with Crippen molar-refractivity contribution in [3.05, 3.63) is 24.0 Å². The highest BCUT2D eigenvalue weighted by molar-refractivity contribution is 5.40. The quantitative estimate of drug-likeness (QED) is 0.682. The Morgan fingerprint density at radius 1 is 1.50 bits per heavy atom. The van der Waals surface area contributed by atoms with Crippen LogP contribution in [0, 0.1) is 0 Å². The number of hydrogen-bond acceptors (Lipinski definition) is 3. The summed E-state index contributed by atoms with van der Waals surface area (Å²) in [5.74, 6) is 0.0836. The number of aromatic nitrogens is 3. The molecule has 0 bridgehead atoms. The molecule has 0 aliphatic carbocycles. The molecule has 0 aromatic carbocycles. The molecule has 0 fully saturated rings. The van der Waals surface area contributed by atoms with Crippen molar-refractivity contribution in [3.8, 4) is 5.88 Å². The summed E-state index contributed by atoms with van der Waals surface area (Å²) in [5.41, 5.74) is 1.61. The van der Waals surface area contributed by atoms with Crippen molar-refractivity contribution in [2.75, 3.05) is 0 Å². The average Bonchev–Trinajstić information content (AvgIpc) is 2.47. The summed E-state index contributed by atoms with van der Waals surface area (Å²) >= 11 is 0. The summed E-state index contributed by atoms with van der Waals surface area (Å²) < 4.78 is 1.43. The minimum atomic E-state index is 0.0836. The third-order valence-electron chi connectivity index (χ3n) is 1.76. The summed E-state index contributed by atoms with van der Waals surface area (Å²) in [7, 11) is 0. The molecule has 0 saturated carbocycles. The maximum Gasteiger partial charge on any atom is 0.233 e. The summed E-state index contributed by atoms with van der Waals surface area (Å²) in [6.45, 7) is 2.02. The topological polar surface area (TPSA) is 50.4 Å². The van der Waals surface area contributed by atoms with Crippen LogP contribution in [0.4, 0.5) is 0 Å². The van der Waals surface area contributed by atoms with Crippen molar-refractivity contribution in [3.63, 3.8) is 0 Å². The second kappa shape index (κ2) is 2.48. The van der Waals surface area contributed by atoms with Crippen molar-refractivity contribution in [1.29, 1.82) is 0 Å². The molecule has 0 aliphatic rings. The predicted molar refractivity (Wildman–Crippen MR) is 44.0 cm³/mol. The highest BCUT2D eigenvalue weighted by atomic mass is 16.3. The second-order valence-corrected chi connectivity index (χ2v) is 2.56. The van der Waals surface area contributed by atoms with Gasteiger partial charge in [0, 0.05) is 0 Å². The van der Waals surface area contributed by atoms with Crippen LogP contribution in [0.15, 0.2) is 18.3 Å². The lowest BCUT2D eigenvalue weighted by Crippen LogP contribution is -1.95. The Morgan fingerprint density at radius 2 is 2.33 bits per heavy atom. The predicted octanol–water partition coefficient (Wildman–Crippen LogP) is 0.997. The maximum absolute atomic E-state index is 9.27. The molecule has 0 atom stereocenters. The van der Waals surface area contributed by atoms with E-state index in [1.807, 2.05) is 19.1 Å². The molecule has 0 amide bonds. The molecule has 4 nitrogen and oxygen atoms in total. The zero-order valence-electron chi connectivity index (χ0n) is 6.73. The smallest absolute Gasteiger partial charge is 0.233 e. The molecule has 62 valence electrons. The first-order chi connectivity index (χ1) is 5.81. The van der Waals surface area contributed by atoms with E-state index in [1.54, 1.807) is 0 Å². The number of aryl methyl sites for hydroxylation is 1. The Hall–Kier alpha value is -1.58. The van der Waals surface area contributed by atoms with Gasteiger partial charge in [0.1, 0.15) is 0 Å². The van der Waals surface area contributed by atoms with E-state index in [2.05, 4.69) is 10.1 Å². The Labute approximate surface area is 69.5 Å². The summed E-state index contributed by atoms with van der Waals surface area (Å²) in [4.78, 5) is 3.94. The summed E-state index contributed by atoms with van der Waals surface area (Å²) in [5, 5.41) is 13.4. The summed E-state index contributed by atoms with van der Waals surface area (Å²) in [6.07, 6.45) is 2.25. The van der Waals surface area contributed by atoms with Crippen LogP contribution in [0.5, 0.6) is 5.88 Å². The van der Waals surface area contributed by atoms with E-state index < -0.39 is 0 Å². The number of nitrogens with zero attached hydrogens (tertiary/aromatic N) is 3. The Bertz CT molecular complexity index is 408. The van der Waals surface area contributed by atoms with Gasteiger partial charge < -0.3 is 5.11 Å². The molecule has 12 heavy (non-hydrogen) atoms. The van der Waals surface area contributed by atoms with E-state index in [0.29, 0.717) is 5.65 Å².